The first-order valence-electron chi connectivity index (χ1n) is 6.37. The minimum Gasteiger partial charge on any atom is -0.395 e. The Morgan fingerprint density at radius 2 is 2.05 bits per heavy atom. The van der Waals surface area contributed by atoms with Crippen LogP contribution in [0.3, 0.4) is 0 Å². The van der Waals surface area contributed by atoms with E-state index in [1.807, 2.05) is 0 Å². The topological polar surface area (TPSA) is 53.4 Å². The van der Waals surface area contributed by atoms with E-state index in [9.17, 15) is 4.79 Å². The summed E-state index contributed by atoms with van der Waals surface area (Å²) in [6, 6.07) is 3.28. The van der Waals surface area contributed by atoms with Gasteiger partial charge in [0, 0.05) is 12.6 Å². The molecule has 0 unspecified atom stereocenters. The van der Waals surface area contributed by atoms with E-state index in [0.29, 0.717) is 6.54 Å². The second kappa shape index (κ2) is 6.55. The second-order valence-electron chi connectivity index (χ2n) is 4.62. The molecule has 0 atom stereocenters. The lowest BCUT2D eigenvalue weighted by molar-refractivity contribution is 0.0632. The molecule has 1 aromatic heterocycles. The number of hydrogen-bond acceptors (Lipinski definition) is 3. The maximum atomic E-state index is 12.5. The van der Waals surface area contributed by atoms with E-state index in [2.05, 4.69) is 4.98 Å². The van der Waals surface area contributed by atoms with Gasteiger partial charge in [-0.1, -0.05) is 36.0 Å². The quantitative estimate of drug-likeness (QED) is 0.870. The summed E-state index contributed by atoms with van der Waals surface area (Å²) in [7, 11) is 0. The van der Waals surface area contributed by atoms with Gasteiger partial charge in [-0.25, -0.2) is 4.98 Å². The molecule has 0 bridgehead atoms. The van der Waals surface area contributed by atoms with Crippen molar-refractivity contribution in [1.29, 1.82) is 0 Å². The molecule has 0 aromatic carbocycles. The number of carbonyl (C=O) groups excluding carboxylic acids is 1. The zero-order valence-electron chi connectivity index (χ0n) is 10.5. The fraction of sp³-hybridized carbons (Fsp3) is 0.538. The normalized spacial score (nSPS) is 15.7. The maximum absolute atomic E-state index is 12.5. The Kier molecular flexibility index (Phi) is 5.02. The third-order valence-electron chi connectivity index (χ3n) is 3.38. The molecule has 6 heteroatoms. The Hall–Kier alpha value is -0.840. The van der Waals surface area contributed by atoms with Crippen LogP contribution in [0.1, 0.15) is 36.2 Å². The molecule has 2 rings (SSSR count). The summed E-state index contributed by atoms with van der Waals surface area (Å²) >= 11 is 11.8. The van der Waals surface area contributed by atoms with Crippen molar-refractivity contribution in [1.82, 2.24) is 9.88 Å². The summed E-state index contributed by atoms with van der Waals surface area (Å²) in [6.07, 6.45) is 4.14. The van der Waals surface area contributed by atoms with Crippen LogP contribution in [0.15, 0.2) is 12.1 Å². The van der Waals surface area contributed by atoms with Crippen molar-refractivity contribution >= 4 is 29.1 Å². The molecule has 19 heavy (non-hydrogen) atoms. The van der Waals surface area contributed by atoms with Gasteiger partial charge in [-0.3, -0.25) is 4.79 Å². The number of hydrogen-bond donors (Lipinski definition) is 1. The van der Waals surface area contributed by atoms with E-state index < -0.39 is 0 Å². The molecule has 4 nitrogen and oxygen atoms in total. The van der Waals surface area contributed by atoms with Crippen LogP contribution >= 0.6 is 23.2 Å². The van der Waals surface area contributed by atoms with Crippen molar-refractivity contribution in [3.05, 3.63) is 28.0 Å². The highest BCUT2D eigenvalue weighted by molar-refractivity contribution is 6.34. The van der Waals surface area contributed by atoms with E-state index in [-0.39, 0.29) is 34.4 Å². The molecule has 1 N–H and O–H groups in total. The van der Waals surface area contributed by atoms with Crippen LogP contribution < -0.4 is 0 Å². The van der Waals surface area contributed by atoms with Gasteiger partial charge in [0.1, 0.15) is 10.8 Å². The van der Waals surface area contributed by atoms with Crippen molar-refractivity contribution in [2.45, 2.75) is 31.7 Å². The summed E-state index contributed by atoms with van der Waals surface area (Å²) in [6.45, 7) is 0.231. The molecule has 1 amide bonds. The molecule has 0 spiro atoms. The minimum absolute atomic E-state index is 0.0690. The number of aliphatic hydroxyl groups is 1. The minimum atomic E-state index is -0.256. The summed E-state index contributed by atoms with van der Waals surface area (Å²) < 4.78 is 0. The third-order valence-corrected chi connectivity index (χ3v) is 3.90. The Balaban J connectivity index is 2.25. The monoisotopic (exact) mass is 302 g/mol. The number of rotatable bonds is 4. The van der Waals surface area contributed by atoms with Gasteiger partial charge in [-0.2, -0.15) is 0 Å². The van der Waals surface area contributed by atoms with Crippen molar-refractivity contribution in [2.75, 3.05) is 13.2 Å². The standard InChI is InChI=1S/C13H16Cl2N2O2/c14-10-5-6-11(15)16-12(10)13(19)17(7-8-18)9-3-1-2-4-9/h5-6,9,18H,1-4,7-8H2. The van der Waals surface area contributed by atoms with Crippen LogP contribution in [-0.4, -0.2) is 40.1 Å². The van der Waals surface area contributed by atoms with Crippen LogP contribution in [0.25, 0.3) is 0 Å². The average Bonchev–Trinajstić information content (AvgIpc) is 2.92. The highest BCUT2D eigenvalue weighted by Crippen LogP contribution is 2.26. The van der Waals surface area contributed by atoms with Crippen LogP contribution in [0.5, 0.6) is 0 Å². The van der Waals surface area contributed by atoms with Gasteiger partial charge in [0.15, 0.2) is 0 Å². The Labute approximate surface area is 122 Å². The van der Waals surface area contributed by atoms with Gasteiger partial charge in [0.2, 0.25) is 0 Å². The zero-order valence-corrected chi connectivity index (χ0v) is 12.0. The smallest absolute Gasteiger partial charge is 0.274 e. The van der Waals surface area contributed by atoms with Crippen molar-refractivity contribution < 1.29 is 9.90 Å². The molecule has 1 aliphatic rings. The predicted molar refractivity (Wildman–Crippen MR) is 74.6 cm³/mol. The van der Waals surface area contributed by atoms with E-state index in [1.165, 1.54) is 0 Å². The zero-order chi connectivity index (χ0) is 13.8. The molecule has 104 valence electrons. The summed E-state index contributed by atoms with van der Waals surface area (Å²) in [5, 5.41) is 9.67. The number of pyridine rings is 1. The van der Waals surface area contributed by atoms with Crippen LogP contribution in [0.2, 0.25) is 10.2 Å². The Morgan fingerprint density at radius 3 is 2.68 bits per heavy atom. The summed E-state index contributed by atoms with van der Waals surface area (Å²) in [5.74, 6) is -0.256. The lowest BCUT2D eigenvalue weighted by atomic mass is 10.2. The van der Waals surface area contributed by atoms with Crippen LogP contribution in [-0.2, 0) is 0 Å². The molecule has 1 heterocycles. The first kappa shape index (κ1) is 14.6. The lowest BCUT2D eigenvalue weighted by Gasteiger charge is -2.28. The summed E-state index contributed by atoms with van der Waals surface area (Å²) in [4.78, 5) is 18.2. The highest BCUT2D eigenvalue weighted by Gasteiger charge is 2.28. The van der Waals surface area contributed by atoms with Gasteiger partial charge in [0.25, 0.3) is 5.91 Å². The predicted octanol–water partition coefficient (Wildman–Crippen LogP) is 2.77. The number of nitrogens with zero attached hydrogens (tertiary/aromatic N) is 2. The maximum Gasteiger partial charge on any atom is 0.274 e. The second-order valence-corrected chi connectivity index (χ2v) is 5.42. The van der Waals surface area contributed by atoms with E-state index in [4.69, 9.17) is 28.3 Å². The van der Waals surface area contributed by atoms with E-state index >= 15 is 0 Å². The van der Waals surface area contributed by atoms with Crippen molar-refractivity contribution in [3.63, 3.8) is 0 Å². The van der Waals surface area contributed by atoms with Crippen molar-refractivity contribution in [3.8, 4) is 0 Å². The molecule has 0 saturated heterocycles. The third kappa shape index (κ3) is 3.38. The van der Waals surface area contributed by atoms with Gasteiger partial charge in [-0.15, -0.1) is 0 Å². The van der Waals surface area contributed by atoms with Crippen LogP contribution in [0.4, 0.5) is 0 Å². The number of amides is 1. The molecular weight excluding hydrogens is 287 g/mol. The first-order valence-corrected chi connectivity index (χ1v) is 7.13. The van der Waals surface area contributed by atoms with E-state index in [1.54, 1.807) is 17.0 Å². The largest absolute Gasteiger partial charge is 0.395 e. The lowest BCUT2D eigenvalue weighted by Crippen LogP contribution is -2.41. The number of carbonyl (C=O) groups is 1. The van der Waals surface area contributed by atoms with Gasteiger partial charge in [0.05, 0.1) is 11.6 Å². The van der Waals surface area contributed by atoms with Gasteiger partial charge < -0.3 is 10.0 Å². The molecule has 0 radical (unpaired) electrons. The molecule has 0 aliphatic heterocycles. The molecule has 1 aliphatic carbocycles. The van der Waals surface area contributed by atoms with Gasteiger partial charge in [-0.05, 0) is 25.0 Å². The summed E-state index contributed by atoms with van der Waals surface area (Å²) in [5.41, 5.74) is 0.162. The average molecular weight is 303 g/mol. The SMILES string of the molecule is O=C(c1nc(Cl)ccc1Cl)N(CCO)C1CCCC1. The van der Waals surface area contributed by atoms with E-state index in [0.717, 1.165) is 25.7 Å². The molecule has 1 fully saturated rings. The number of aromatic nitrogens is 1. The number of aliphatic hydroxyl groups excluding tert-OH is 1. The highest BCUT2D eigenvalue weighted by atomic mass is 35.5. The molecule has 1 saturated carbocycles. The fourth-order valence-corrected chi connectivity index (χ4v) is 2.81. The van der Waals surface area contributed by atoms with Crippen molar-refractivity contribution in [2.24, 2.45) is 0 Å². The van der Waals surface area contributed by atoms with Gasteiger partial charge >= 0.3 is 0 Å². The Morgan fingerprint density at radius 1 is 1.37 bits per heavy atom. The fourth-order valence-electron chi connectivity index (χ4n) is 2.48. The number of halogens is 2. The van der Waals surface area contributed by atoms with Crippen LogP contribution in [0, 0.1) is 0 Å². The molecular formula is C13H16Cl2N2O2. The molecule has 1 aromatic rings. The first-order chi connectivity index (χ1) is 9.13. The Bertz CT molecular complexity index is 462.